The topological polar surface area (TPSA) is 96.5 Å². The second kappa shape index (κ2) is 7.76. The Morgan fingerprint density at radius 2 is 1.87 bits per heavy atom. The lowest BCUT2D eigenvalue weighted by atomic mass is 10.1. The van der Waals surface area contributed by atoms with E-state index in [2.05, 4.69) is 15.4 Å². The first-order valence-electron chi connectivity index (χ1n) is 7.24. The van der Waals surface area contributed by atoms with Gasteiger partial charge in [-0.3, -0.25) is 0 Å². The van der Waals surface area contributed by atoms with Crippen molar-refractivity contribution >= 4 is 21.7 Å². The van der Waals surface area contributed by atoms with Gasteiger partial charge in [0.1, 0.15) is 4.90 Å². The second-order valence-electron chi connectivity index (χ2n) is 6.31. The molecule has 0 saturated carbocycles. The number of sulfonamides is 1. The van der Waals surface area contributed by atoms with Gasteiger partial charge in [0, 0.05) is 12.6 Å². The molecule has 8 heteroatoms. The molecule has 3 N–H and O–H groups in total. The standard InChI is InChI=1S/C15H25N3O4S/c1-11(10-22-5)16-14(19)17-12-8-6-7-9-13(12)23(20,21)18-15(2,3)4/h6-9,11,18H,10H2,1-5H3,(H2,16,17,19)/t11-/m0/s1. The summed E-state index contributed by atoms with van der Waals surface area (Å²) in [6, 6.07) is 5.56. The third-order valence-electron chi connectivity index (χ3n) is 2.66. The number of carbonyl (C=O) groups is 1. The number of rotatable bonds is 6. The molecule has 130 valence electrons. The Bertz CT molecular complexity index is 638. The number of nitrogens with one attached hydrogen (secondary N) is 3. The van der Waals surface area contributed by atoms with E-state index in [1.165, 1.54) is 19.2 Å². The van der Waals surface area contributed by atoms with Crippen LogP contribution in [-0.2, 0) is 14.8 Å². The first-order chi connectivity index (χ1) is 10.5. The number of anilines is 1. The molecule has 0 aliphatic rings. The molecule has 0 aliphatic carbocycles. The number of carbonyl (C=O) groups excluding carboxylic acids is 1. The van der Waals surface area contributed by atoms with E-state index in [9.17, 15) is 13.2 Å². The number of ether oxygens (including phenoxy) is 1. The fourth-order valence-electron chi connectivity index (χ4n) is 1.94. The highest BCUT2D eigenvalue weighted by molar-refractivity contribution is 7.89. The number of hydrogen-bond acceptors (Lipinski definition) is 4. The molecule has 0 unspecified atom stereocenters. The molecule has 0 heterocycles. The van der Waals surface area contributed by atoms with Crippen LogP contribution in [0.1, 0.15) is 27.7 Å². The summed E-state index contributed by atoms with van der Waals surface area (Å²) < 4.78 is 32.5. The third-order valence-corrected chi connectivity index (χ3v) is 4.48. The third kappa shape index (κ3) is 6.55. The fraction of sp³-hybridized carbons (Fsp3) is 0.533. The van der Waals surface area contributed by atoms with Crippen molar-refractivity contribution in [3.8, 4) is 0 Å². The van der Waals surface area contributed by atoms with E-state index < -0.39 is 21.6 Å². The molecule has 0 fully saturated rings. The average molecular weight is 343 g/mol. The Labute approximate surface area is 137 Å². The Morgan fingerprint density at radius 1 is 1.26 bits per heavy atom. The normalized spacial score (nSPS) is 13.4. The summed E-state index contributed by atoms with van der Waals surface area (Å²) in [5.74, 6) is 0. The van der Waals surface area contributed by atoms with E-state index in [0.29, 0.717) is 6.61 Å². The molecule has 0 aliphatic heterocycles. The van der Waals surface area contributed by atoms with Crippen LogP contribution in [0.25, 0.3) is 0 Å². The molecule has 1 aromatic rings. The first kappa shape index (κ1) is 19.4. The molecular formula is C15H25N3O4S. The van der Waals surface area contributed by atoms with Crippen molar-refractivity contribution in [2.45, 2.75) is 44.2 Å². The Balaban J connectivity index is 2.96. The quantitative estimate of drug-likeness (QED) is 0.735. The van der Waals surface area contributed by atoms with Crippen molar-refractivity contribution in [3.63, 3.8) is 0 Å². The molecule has 7 nitrogen and oxygen atoms in total. The number of amides is 2. The number of urea groups is 1. The second-order valence-corrected chi connectivity index (χ2v) is 7.96. The minimum Gasteiger partial charge on any atom is -0.383 e. The zero-order chi connectivity index (χ0) is 17.7. The highest BCUT2D eigenvalue weighted by Gasteiger charge is 2.25. The summed E-state index contributed by atoms with van der Waals surface area (Å²) in [7, 11) is -2.21. The molecule has 1 atom stereocenters. The van der Waals surface area contributed by atoms with Crippen molar-refractivity contribution in [3.05, 3.63) is 24.3 Å². The maximum Gasteiger partial charge on any atom is 0.319 e. The number of benzene rings is 1. The van der Waals surface area contributed by atoms with Crippen molar-refractivity contribution < 1.29 is 17.9 Å². The average Bonchev–Trinajstić information content (AvgIpc) is 2.36. The molecule has 2 amide bonds. The van der Waals surface area contributed by atoms with E-state index in [1.807, 2.05) is 0 Å². The number of methoxy groups -OCH3 is 1. The first-order valence-corrected chi connectivity index (χ1v) is 8.73. The van der Waals surface area contributed by atoms with Crippen LogP contribution in [0.4, 0.5) is 10.5 Å². The largest absolute Gasteiger partial charge is 0.383 e. The van der Waals surface area contributed by atoms with Crippen LogP contribution in [0, 0.1) is 0 Å². The van der Waals surface area contributed by atoms with Gasteiger partial charge in [0.25, 0.3) is 0 Å². The van der Waals surface area contributed by atoms with E-state index in [1.54, 1.807) is 39.8 Å². The predicted molar refractivity (Wildman–Crippen MR) is 90.0 cm³/mol. The van der Waals surface area contributed by atoms with Gasteiger partial charge in [-0.1, -0.05) is 12.1 Å². The van der Waals surface area contributed by atoms with E-state index in [0.717, 1.165) is 0 Å². The number of hydrogen-bond donors (Lipinski definition) is 3. The van der Waals surface area contributed by atoms with Crippen LogP contribution in [0.5, 0.6) is 0 Å². The molecule has 0 saturated heterocycles. The monoisotopic (exact) mass is 343 g/mol. The lowest BCUT2D eigenvalue weighted by Gasteiger charge is -2.22. The van der Waals surface area contributed by atoms with Crippen molar-refractivity contribution in [1.82, 2.24) is 10.0 Å². The molecule has 0 radical (unpaired) electrons. The molecule has 1 rings (SSSR count). The summed E-state index contributed by atoms with van der Waals surface area (Å²) >= 11 is 0. The molecule has 23 heavy (non-hydrogen) atoms. The number of para-hydroxylation sites is 1. The Morgan fingerprint density at radius 3 is 2.43 bits per heavy atom. The van der Waals surface area contributed by atoms with Crippen molar-refractivity contribution in [2.75, 3.05) is 19.0 Å². The molecule has 0 bridgehead atoms. The molecule has 1 aromatic carbocycles. The van der Waals surface area contributed by atoms with E-state index >= 15 is 0 Å². The maximum atomic E-state index is 12.5. The van der Waals surface area contributed by atoms with Crippen LogP contribution >= 0.6 is 0 Å². The summed E-state index contributed by atoms with van der Waals surface area (Å²) in [6.45, 7) is 7.39. The smallest absolute Gasteiger partial charge is 0.319 e. The lowest BCUT2D eigenvalue weighted by molar-refractivity contribution is 0.173. The van der Waals surface area contributed by atoms with E-state index in [4.69, 9.17) is 4.74 Å². The predicted octanol–water partition coefficient (Wildman–Crippen LogP) is 1.92. The molecular weight excluding hydrogens is 318 g/mol. The van der Waals surface area contributed by atoms with Gasteiger partial charge in [-0.25, -0.2) is 17.9 Å². The molecule has 0 aromatic heterocycles. The zero-order valence-corrected chi connectivity index (χ0v) is 15.0. The van der Waals surface area contributed by atoms with Gasteiger partial charge in [-0.05, 0) is 39.8 Å². The van der Waals surface area contributed by atoms with Gasteiger partial charge in [-0.15, -0.1) is 0 Å². The van der Waals surface area contributed by atoms with Gasteiger partial charge < -0.3 is 15.4 Å². The minimum absolute atomic E-state index is 0.0180. The highest BCUT2D eigenvalue weighted by atomic mass is 32.2. The summed E-state index contributed by atoms with van der Waals surface area (Å²) in [4.78, 5) is 12.0. The Kier molecular flexibility index (Phi) is 6.55. The van der Waals surface area contributed by atoms with Gasteiger partial charge in [0.15, 0.2) is 0 Å². The summed E-state index contributed by atoms with van der Waals surface area (Å²) in [6.07, 6.45) is 0. The van der Waals surface area contributed by atoms with Crippen LogP contribution < -0.4 is 15.4 Å². The van der Waals surface area contributed by atoms with Gasteiger partial charge >= 0.3 is 6.03 Å². The van der Waals surface area contributed by atoms with Gasteiger partial charge in [-0.2, -0.15) is 0 Å². The van der Waals surface area contributed by atoms with Crippen LogP contribution in [0.3, 0.4) is 0 Å². The highest BCUT2D eigenvalue weighted by Crippen LogP contribution is 2.22. The lowest BCUT2D eigenvalue weighted by Crippen LogP contribution is -2.41. The van der Waals surface area contributed by atoms with Crippen molar-refractivity contribution in [1.29, 1.82) is 0 Å². The van der Waals surface area contributed by atoms with Crippen LogP contribution in [0.15, 0.2) is 29.2 Å². The zero-order valence-electron chi connectivity index (χ0n) is 14.1. The maximum absolute atomic E-state index is 12.5. The van der Waals surface area contributed by atoms with Crippen LogP contribution in [-0.4, -0.2) is 39.7 Å². The molecule has 0 spiro atoms. The van der Waals surface area contributed by atoms with E-state index in [-0.39, 0.29) is 16.6 Å². The van der Waals surface area contributed by atoms with Crippen molar-refractivity contribution in [2.24, 2.45) is 0 Å². The van der Waals surface area contributed by atoms with Gasteiger partial charge in [0.2, 0.25) is 10.0 Å². The summed E-state index contributed by atoms with van der Waals surface area (Å²) in [5.41, 5.74) is -0.410. The SMILES string of the molecule is COC[C@H](C)NC(=O)Nc1ccccc1S(=O)(=O)NC(C)(C)C. The van der Waals surface area contributed by atoms with Gasteiger partial charge in [0.05, 0.1) is 18.3 Å². The van der Waals surface area contributed by atoms with Crippen LogP contribution in [0.2, 0.25) is 0 Å². The fourth-order valence-corrected chi connectivity index (χ4v) is 3.52. The minimum atomic E-state index is -3.75. The Hall–Kier alpha value is -1.64. The summed E-state index contributed by atoms with van der Waals surface area (Å²) in [5, 5.41) is 5.23.